The molecule has 2 aromatic carbocycles. The lowest BCUT2D eigenvalue weighted by atomic mass is 10.1. The molecule has 0 aliphatic rings. The Bertz CT molecular complexity index is 1230. The Morgan fingerprint density at radius 2 is 1.76 bits per heavy atom. The molecular weight excluding hydrogens is 437 g/mol. The van der Waals surface area contributed by atoms with Crippen molar-refractivity contribution in [2.24, 2.45) is 5.73 Å². The van der Waals surface area contributed by atoms with Gasteiger partial charge in [0.05, 0.1) is 11.4 Å². The van der Waals surface area contributed by atoms with Gasteiger partial charge >= 0.3 is 6.18 Å². The molecule has 1 heterocycles. The first-order valence-corrected chi connectivity index (χ1v) is 9.49. The van der Waals surface area contributed by atoms with Crippen LogP contribution in [0, 0.1) is 6.92 Å². The molecule has 3 aromatic rings. The molecule has 0 spiro atoms. The number of aromatic nitrogens is 2. The van der Waals surface area contributed by atoms with E-state index < -0.39 is 29.4 Å². The van der Waals surface area contributed by atoms with Crippen LogP contribution in [0.25, 0.3) is 0 Å². The normalized spacial score (nSPS) is 10.9. The van der Waals surface area contributed by atoms with E-state index in [1.54, 1.807) is 25.1 Å². The second kappa shape index (κ2) is 9.39. The fraction of sp³-hybridized carbons (Fsp3) is 0.0909. The number of benzene rings is 2. The van der Waals surface area contributed by atoms with E-state index in [4.69, 9.17) is 5.73 Å². The molecule has 0 atom stereocenters. The third-order valence-electron chi connectivity index (χ3n) is 4.49. The van der Waals surface area contributed by atoms with Crippen molar-refractivity contribution >= 4 is 40.6 Å². The highest BCUT2D eigenvalue weighted by Crippen LogP contribution is 2.36. The molecule has 2 amide bonds. The van der Waals surface area contributed by atoms with E-state index in [1.165, 1.54) is 24.3 Å². The first kappa shape index (κ1) is 23.3. The number of anilines is 5. The monoisotopic (exact) mass is 456 g/mol. The van der Waals surface area contributed by atoms with Gasteiger partial charge in [0.1, 0.15) is 11.4 Å². The number of carbonyl (C=O) groups is 2. The van der Waals surface area contributed by atoms with Crippen LogP contribution in [0.5, 0.6) is 0 Å². The SMILES string of the molecule is C=CC(=O)Nc1ccccc1Nc1nc(Nc2cc(C(N)=O)ccc2C)ncc1C(F)(F)F. The molecule has 170 valence electrons. The van der Waals surface area contributed by atoms with Gasteiger partial charge in [-0.15, -0.1) is 0 Å². The quantitative estimate of drug-likeness (QED) is 0.388. The molecule has 0 saturated carbocycles. The van der Waals surface area contributed by atoms with Crippen LogP contribution >= 0.6 is 0 Å². The number of amides is 2. The summed E-state index contributed by atoms with van der Waals surface area (Å²) in [5.74, 6) is -1.88. The second-order valence-electron chi connectivity index (χ2n) is 6.84. The van der Waals surface area contributed by atoms with E-state index in [0.29, 0.717) is 17.4 Å². The summed E-state index contributed by atoms with van der Waals surface area (Å²) < 4.78 is 40.8. The van der Waals surface area contributed by atoms with Gasteiger partial charge < -0.3 is 21.7 Å². The smallest absolute Gasteiger partial charge is 0.366 e. The Morgan fingerprint density at radius 1 is 1.06 bits per heavy atom. The number of rotatable bonds is 7. The zero-order valence-corrected chi connectivity index (χ0v) is 17.3. The van der Waals surface area contributed by atoms with E-state index in [0.717, 1.165) is 6.08 Å². The van der Waals surface area contributed by atoms with E-state index in [9.17, 15) is 22.8 Å². The third-order valence-corrected chi connectivity index (χ3v) is 4.49. The van der Waals surface area contributed by atoms with E-state index in [-0.39, 0.29) is 22.9 Å². The van der Waals surface area contributed by atoms with E-state index >= 15 is 0 Å². The molecule has 11 heteroatoms. The lowest BCUT2D eigenvalue weighted by Gasteiger charge is -2.17. The summed E-state index contributed by atoms with van der Waals surface area (Å²) in [4.78, 5) is 30.9. The number of nitrogens with two attached hydrogens (primary N) is 1. The fourth-order valence-corrected chi connectivity index (χ4v) is 2.79. The minimum absolute atomic E-state index is 0.150. The van der Waals surface area contributed by atoms with Crippen LogP contribution < -0.4 is 21.7 Å². The van der Waals surface area contributed by atoms with Gasteiger partial charge in [-0.2, -0.15) is 18.2 Å². The molecule has 0 aliphatic carbocycles. The van der Waals surface area contributed by atoms with Crippen molar-refractivity contribution in [1.82, 2.24) is 9.97 Å². The number of nitrogens with zero attached hydrogens (tertiary/aromatic N) is 2. The Balaban J connectivity index is 2.01. The minimum atomic E-state index is -4.75. The van der Waals surface area contributed by atoms with E-state index in [1.807, 2.05) is 0 Å². The molecule has 0 unspecified atom stereocenters. The summed E-state index contributed by atoms with van der Waals surface area (Å²) >= 11 is 0. The van der Waals surface area contributed by atoms with Gasteiger partial charge in [0.2, 0.25) is 17.8 Å². The highest BCUT2D eigenvalue weighted by Gasteiger charge is 2.35. The molecule has 0 bridgehead atoms. The number of nitrogens with one attached hydrogen (secondary N) is 3. The molecule has 3 rings (SSSR count). The van der Waals surface area contributed by atoms with Crippen molar-refractivity contribution in [1.29, 1.82) is 0 Å². The minimum Gasteiger partial charge on any atom is -0.366 e. The van der Waals surface area contributed by atoms with Gasteiger partial charge in [0, 0.05) is 17.4 Å². The van der Waals surface area contributed by atoms with E-state index in [2.05, 4.69) is 32.5 Å². The maximum Gasteiger partial charge on any atom is 0.421 e. The Hall–Kier alpha value is -4.41. The van der Waals surface area contributed by atoms with Crippen molar-refractivity contribution in [2.75, 3.05) is 16.0 Å². The van der Waals surface area contributed by atoms with Crippen molar-refractivity contribution < 1.29 is 22.8 Å². The number of alkyl halides is 3. The third kappa shape index (κ3) is 5.64. The first-order valence-electron chi connectivity index (χ1n) is 9.49. The largest absolute Gasteiger partial charge is 0.421 e. The Kier molecular flexibility index (Phi) is 6.61. The number of hydrogen-bond donors (Lipinski definition) is 4. The average Bonchev–Trinajstić information content (AvgIpc) is 2.75. The van der Waals surface area contributed by atoms with Crippen molar-refractivity contribution in [3.63, 3.8) is 0 Å². The maximum absolute atomic E-state index is 13.6. The predicted molar refractivity (Wildman–Crippen MR) is 119 cm³/mol. The van der Waals surface area contributed by atoms with Crippen LogP contribution in [0.1, 0.15) is 21.5 Å². The zero-order valence-electron chi connectivity index (χ0n) is 17.3. The summed E-state index contributed by atoms with van der Waals surface area (Å²) in [6.45, 7) is 5.08. The summed E-state index contributed by atoms with van der Waals surface area (Å²) in [5.41, 5.74) is 5.89. The predicted octanol–water partition coefficient (Wildman–Crippen LogP) is 4.51. The average molecular weight is 456 g/mol. The summed E-state index contributed by atoms with van der Waals surface area (Å²) in [5, 5.41) is 7.94. The van der Waals surface area contributed by atoms with Gasteiger partial charge in [0.25, 0.3) is 0 Å². The number of primary amides is 1. The van der Waals surface area contributed by atoms with Crippen LogP contribution in [0.2, 0.25) is 0 Å². The standard InChI is InChI=1S/C22H19F3N6O2/c1-3-18(32)28-15-6-4-5-7-16(15)29-20-14(22(23,24)25)11-27-21(31-20)30-17-10-13(19(26)33)9-8-12(17)2/h3-11H,1H2,2H3,(H2,26,33)(H,28,32)(H2,27,29,30,31). The Morgan fingerprint density at radius 3 is 2.39 bits per heavy atom. The van der Waals surface area contributed by atoms with Crippen molar-refractivity contribution in [3.05, 3.63) is 78.0 Å². The van der Waals surface area contributed by atoms with Gasteiger partial charge in [-0.3, -0.25) is 9.59 Å². The zero-order chi connectivity index (χ0) is 24.2. The number of aryl methyl sites for hydroxylation is 1. The van der Waals surface area contributed by atoms with Gasteiger partial charge in [0.15, 0.2) is 0 Å². The molecule has 33 heavy (non-hydrogen) atoms. The lowest BCUT2D eigenvalue weighted by molar-refractivity contribution is -0.137. The molecule has 8 nitrogen and oxygen atoms in total. The van der Waals surface area contributed by atoms with Gasteiger partial charge in [-0.1, -0.05) is 24.8 Å². The lowest BCUT2D eigenvalue weighted by Crippen LogP contribution is -2.14. The van der Waals surface area contributed by atoms with Crippen LogP contribution in [0.3, 0.4) is 0 Å². The molecule has 0 saturated heterocycles. The van der Waals surface area contributed by atoms with Crippen LogP contribution in [-0.4, -0.2) is 21.8 Å². The van der Waals surface area contributed by atoms with Crippen LogP contribution in [0.15, 0.2) is 61.3 Å². The second-order valence-corrected chi connectivity index (χ2v) is 6.84. The van der Waals surface area contributed by atoms with Crippen molar-refractivity contribution in [3.8, 4) is 0 Å². The maximum atomic E-state index is 13.6. The molecule has 1 aromatic heterocycles. The number of hydrogen-bond acceptors (Lipinski definition) is 6. The van der Waals surface area contributed by atoms with Crippen LogP contribution in [0.4, 0.5) is 42.0 Å². The highest BCUT2D eigenvalue weighted by atomic mass is 19.4. The summed E-state index contributed by atoms with van der Waals surface area (Å²) in [6.07, 6.45) is -3.08. The number of para-hydroxylation sites is 2. The molecule has 0 radical (unpaired) electrons. The molecular formula is C22H19F3N6O2. The van der Waals surface area contributed by atoms with Gasteiger partial charge in [-0.25, -0.2) is 4.98 Å². The number of halogens is 3. The molecule has 0 fully saturated rings. The highest BCUT2D eigenvalue weighted by molar-refractivity contribution is 6.01. The number of carbonyl (C=O) groups excluding carboxylic acids is 2. The molecule has 5 N–H and O–H groups in total. The first-order chi connectivity index (χ1) is 15.6. The van der Waals surface area contributed by atoms with Crippen LogP contribution in [-0.2, 0) is 11.0 Å². The topological polar surface area (TPSA) is 122 Å². The summed E-state index contributed by atoms with van der Waals surface area (Å²) in [7, 11) is 0. The summed E-state index contributed by atoms with van der Waals surface area (Å²) in [6, 6.07) is 10.8. The van der Waals surface area contributed by atoms with Gasteiger partial charge in [-0.05, 0) is 42.8 Å². The fourth-order valence-electron chi connectivity index (χ4n) is 2.79. The molecule has 0 aliphatic heterocycles. The van der Waals surface area contributed by atoms with Crippen molar-refractivity contribution in [2.45, 2.75) is 13.1 Å². The Labute approximate surface area is 186 Å².